The summed E-state index contributed by atoms with van der Waals surface area (Å²) in [5, 5.41) is 5.95. The molecule has 0 aromatic carbocycles. The van der Waals surface area contributed by atoms with E-state index in [0.29, 0.717) is 16.8 Å². The molecule has 0 bridgehead atoms. The molecular formula is C12H18BrClN4O2. The minimum atomic E-state index is -0.510. The molecule has 0 aliphatic rings. The van der Waals surface area contributed by atoms with E-state index >= 15 is 0 Å². The number of carbonyl (C=O) groups is 1. The maximum absolute atomic E-state index is 11.5. The number of amides is 1. The van der Waals surface area contributed by atoms with E-state index in [4.69, 9.17) is 16.3 Å². The van der Waals surface area contributed by atoms with Crippen molar-refractivity contribution in [3.05, 3.63) is 16.0 Å². The summed E-state index contributed by atoms with van der Waals surface area (Å²) in [6.45, 7) is 7.74. The number of hydrogen-bond acceptors (Lipinski definition) is 5. The third-order valence-electron chi connectivity index (χ3n) is 2.05. The Labute approximate surface area is 131 Å². The molecular weight excluding hydrogens is 348 g/mol. The molecule has 0 aliphatic heterocycles. The maximum atomic E-state index is 11.5. The van der Waals surface area contributed by atoms with Crippen LogP contribution in [0.2, 0.25) is 5.28 Å². The van der Waals surface area contributed by atoms with Crippen molar-refractivity contribution >= 4 is 39.4 Å². The van der Waals surface area contributed by atoms with Gasteiger partial charge in [0, 0.05) is 18.8 Å². The van der Waals surface area contributed by atoms with E-state index in [-0.39, 0.29) is 11.3 Å². The zero-order valence-electron chi connectivity index (χ0n) is 11.8. The van der Waals surface area contributed by atoms with Crippen LogP contribution in [0.5, 0.6) is 0 Å². The van der Waals surface area contributed by atoms with Gasteiger partial charge in [-0.25, -0.2) is 9.78 Å². The number of hydrogen-bond donors (Lipinski definition) is 2. The van der Waals surface area contributed by atoms with Gasteiger partial charge in [0.2, 0.25) is 5.28 Å². The Balaban J connectivity index is 2.46. The van der Waals surface area contributed by atoms with Crippen molar-refractivity contribution in [1.82, 2.24) is 15.3 Å². The van der Waals surface area contributed by atoms with Gasteiger partial charge in [0.25, 0.3) is 0 Å². The van der Waals surface area contributed by atoms with Gasteiger partial charge in [-0.1, -0.05) is 0 Å². The van der Waals surface area contributed by atoms with Crippen LogP contribution in [0.25, 0.3) is 0 Å². The first-order chi connectivity index (χ1) is 9.17. The van der Waals surface area contributed by atoms with Gasteiger partial charge in [0.05, 0.1) is 4.47 Å². The summed E-state index contributed by atoms with van der Waals surface area (Å²) in [5.41, 5.74) is -0.510. The SMILES string of the molecule is CC(CNC(=O)OC(C)(C)C)Nc1nc(Cl)ncc1Br. The van der Waals surface area contributed by atoms with Gasteiger partial charge < -0.3 is 15.4 Å². The van der Waals surface area contributed by atoms with E-state index in [1.54, 1.807) is 6.20 Å². The average Bonchev–Trinajstić information content (AvgIpc) is 2.29. The van der Waals surface area contributed by atoms with Gasteiger partial charge in [-0.15, -0.1) is 0 Å². The number of alkyl carbamates (subject to hydrolysis) is 1. The molecule has 0 saturated carbocycles. The van der Waals surface area contributed by atoms with Gasteiger partial charge >= 0.3 is 6.09 Å². The number of anilines is 1. The van der Waals surface area contributed by atoms with Crippen molar-refractivity contribution < 1.29 is 9.53 Å². The number of nitrogens with one attached hydrogen (secondary N) is 2. The number of ether oxygens (including phenoxy) is 1. The lowest BCUT2D eigenvalue weighted by Gasteiger charge is -2.21. The lowest BCUT2D eigenvalue weighted by Crippen LogP contribution is -2.38. The van der Waals surface area contributed by atoms with Crippen molar-refractivity contribution in [2.24, 2.45) is 0 Å². The summed E-state index contributed by atoms with van der Waals surface area (Å²) in [4.78, 5) is 19.4. The fraction of sp³-hybridized carbons (Fsp3) is 0.583. The lowest BCUT2D eigenvalue weighted by atomic mass is 10.2. The Hall–Kier alpha value is -1.08. The lowest BCUT2D eigenvalue weighted by molar-refractivity contribution is 0.0526. The molecule has 1 aromatic heterocycles. The first-order valence-corrected chi connectivity index (χ1v) is 7.26. The molecule has 1 amide bonds. The first kappa shape index (κ1) is 17.0. The molecule has 0 radical (unpaired) electrons. The van der Waals surface area contributed by atoms with Crippen molar-refractivity contribution in [2.75, 3.05) is 11.9 Å². The second kappa shape index (κ2) is 7.08. The molecule has 0 fully saturated rings. The van der Waals surface area contributed by atoms with Crippen LogP contribution in [0.4, 0.5) is 10.6 Å². The molecule has 1 unspecified atom stereocenters. The molecule has 6 nitrogen and oxygen atoms in total. The summed E-state index contributed by atoms with van der Waals surface area (Å²) in [6, 6.07) is -0.0511. The summed E-state index contributed by atoms with van der Waals surface area (Å²) >= 11 is 9.05. The number of carbonyl (C=O) groups excluding carboxylic acids is 1. The molecule has 20 heavy (non-hydrogen) atoms. The average molecular weight is 366 g/mol. The summed E-state index contributed by atoms with van der Waals surface area (Å²) < 4.78 is 5.85. The number of rotatable bonds is 4. The third kappa shape index (κ3) is 6.38. The van der Waals surface area contributed by atoms with Crippen LogP contribution in [-0.2, 0) is 4.74 Å². The van der Waals surface area contributed by atoms with Gasteiger partial charge in [0.1, 0.15) is 11.4 Å². The van der Waals surface area contributed by atoms with E-state index in [9.17, 15) is 4.79 Å². The Morgan fingerprint density at radius 3 is 2.80 bits per heavy atom. The van der Waals surface area contributed by atoms with Crippen LogP contribution in [0.1, 0.15) is 27.7 Å². The normalized spacial score (nSPS) is 12.7. The molecule has 1 rings (SSSR count). The molecule has 2 N–H and O–H groups in total. The molecule has 0 spiro atoms. The van der Waals surface area contributed by atoms with Crippen LogP contribution in [-0.4, -0.2) is 34.2 Å². The Bertz CT molecular complexity index is 479. The molecule has 112 valence electrons. The van der Waals surface area contributed by atoms with Crippen LogP contribution in [0.15, 0.2) is 10.7 Å². The number of nitrogens with zero attached hydrogens (tertiary/aromatic N) is 2. The van der Waals surface area contributed by atoms with E-state index in [1.165, 1.54) is 0 Å². The van der Waals surface area contributed by atoms with Crippen molar-refractivity contribution in [3.8, 4) is 0 Å². The fourth-order valence-corrected chi connectivity index (χ4v) is 1.72. The highest BCUT2D eigenvalue weighted by molar-refractivity contribution is 9.10. The first-order valence-electron chi connectivity index (χ1n) is 6.09. The van der Waals surface area contributed by atoms with Gasteiger partial charge in [-0.3, -0.25) is 0 Å². The quantitative estimate of drug-likeness (QED) is 0.801. The van der Waals surface area contributed by atoms with Crippen LogP contribution in [0.3, 0.4) is 0 Å². The van der Waals surface area contributed by atoms with Crippen molar-refractivity contribution in [1.29, 1.82) is 0 Å². The van der Waals surface area contributed by atoms with Gasteiger partial charge in [0.15, 0.2) is 0 Å². The molecule has 1 atom stereocenters. The van der Waals surface area contributed by atoms with Crippen LogP contribution >= 0.6 is 27.5 Å². The smallest absolute Gasteiger partial charge is 0.407 e. The summed E-state index contributed by atoms with van der Waals surface area (Å²) in [5.74, 6) is 0.573. The fourth-order valence-electron chi connectivity index (χ4n) is 1.28. The number of aromatic nitrogens is 2. The van der Waals surface area contributed by atoms with Gasteiger partial charge in [-0.2, -0.15) is 4.98 Å². The monoisotopic (exact) mass is 364 g/mol. The minimum absolute atomic E-state index is 0.0511. The number of halogens is 2. The zero-order chi connectivity index (χ0) is 15.3. The van der Waals surface area contributed by atoms with E-state index in [0.717, 1.165) is 0 Å². The molecule has 0 aliphatic carbocycles. The highest BCUT2D eigenvalue weighted by atomic mass is 79.9. The molecule has 1 aromatic rings. The molecule has 0 saturated heterocycles. The summed E-state index contributed by atoms with van der Waals surface area (Å²) in [6.07, 6.45) is 1.11. The zero-order valence-corrected chi connectivity index (χ0v) is 14.2. The van der Waals surface area contributed by atoms with Gasteiger partial charge in [-0.05, 0) is 55.2 Å². The third-order valence-corrected chi connectivity index (χ3v) is 2.81. The molecule has 1 heterocycles. The second-order valence-corrected chi connectivity index (χ2v) is 6.46. The van der Waals surface area contributed by atoms with E-state index < -0.39 is 11.7 Å². The predicted octanol–water partition coefficient (Wildman–Crippen LogP) is 3.22. The van der Waals surface area contributed by atoms with Crippen molar-refractivity contribution in [2.45, 2.75) is 39.3 Å². The molecule has 8 heteroatoms. The van der Waals surface area contributed by atoms with Crippen LogP contribution in [0, 0.1) is 0 Å². The Kier molecular flexibility index (Phi) is 6.01. The Morgan fingerprint density at radius 1 is 1.55 bits per heavy atom. The van der Waals surface area contributed by atoms with Crippen molar-refractivity contribution in [3.63, 3.8) is 0 Å². The van der Waals surface area contributed by atoms with E-state index in [2.05, 4.69) is 36.5 Å². The maximum Gasteiger partial charge on any atom is 0.407 e. The standard InChI is InChI=1S/C12H18BrClN4O2/c1-7(5-16-11(19)20-12(2,3)4)17-9-8(13)6-15-10(14)18-9/h6-7H,5H2,1-4H3,(H,16,19)(H,15,17,18). The highest BCUT2D eigenvalue weighted by Gasteiger charge is 2.16. The van der Waals surface area contributed by atoms with Crippen LogP contribution < -0.4 is 10.6 Å². The summed E-state index contributed by atoms with van der Waals surface area (Å²) in [7, 11) is 0. The highest BCUT2D eigenvalue weighted by Crippen LogP contribution is 2.20. The largest absolute Gasteiger partial charge is 0.444 e. The topological polar surface area (TPSA) is 76.1 Å². The van der Waals surface area contributed by atoms with E-state index in [1.807, 2.05) is 27.7 Å². The Morgan fingerprint density at radius 2 is 2.20 bits per heavy atom. The predicted molar refractivity (Wildman–Crippen MR) is 82.1 cm³/mol. The second-order valence-electron chi connectivity index (χ2n) is 5.26. The minimum Gasteiger partial charge on any atom is -0.444 e.